The van der Waals surface area contributed by atoms with E-state index >= 15 is 0 Å². The first kappa shape index (κ1) is 15.3. The van der Waals surface area contributed by atoms with Crippen molar-refractivity contribution in [2.24, 2.45) is 0 Å². The van der Waals surface area contributed by atoms with Crippen molar-refractivity contribution in [3.8, 4) is 5.75 Å². The number of nitrogens with zero attached hydrogens (tertiary/aromatic N) is 1. The number of methoxy groups -OCH3 is 1. The minimum Gasteiger partial charge on any atom is -0.496 e. The lowest BCUT2D eigenvalue weighted by atomic mass is 10.1. The average molecular weight is 334 g/mol. The maximum atomic E-state index is 12.3. The van der Waals surface area contributed by atoms with E-state index in [0.29, 0.717) is 17.3 Å². The summed E-state index contributed by atoms with van der Waals surface area (Å²) in [5, 5.41) is 0.644. The van der Waals surface area contributed by atoms with E-state index < -0.39 is 0 Å². The van der Waals surface area contributed by atoms with Crippen molar-refractivity contribution in [3.63, 3.8) is 0 Å². The summed E-state index contributed by atoms with van der Waals surface area (Å²) in [4.78, 5) is 14.2. The Morgan fingerprint density at radius 1 is 1.23 bits per heavy atom. The first-order chi connectivity index (χ1) is 10.7. The van der Waals surface area contributed by atoms with Crippen molar-refractivity contribution >= 4 is 29.3 Å². The van der Waals surface area contributed by atoms with Gasteiger partial charge in [-0.15, -0.1) is 11.8 Å². The summed E-state index contributed by atoms with van der Waals surface area (Å²) in [6.45, 7) is 0.520. The number of carbonyl (C=O) groups is 1. The number of benzene rings is 2. The molecular formula is C17H16ClNO2S. The van der Waals surface area contributed by atoms with E-state index in [1.165, 1.54) is 0 Å². The smallest absolute Gasteiger partial charge is 0.234 e. The normalized spacial score (nSPS) is 17.8. The second-order valence-corrected chi connectivity index (χ2v) is 6.49. The van der Waals surface area contributed by atoms with Crippen molar-refractivity contribution in [2.75, 3.05) is 12.9 Å². The first-order valence-corrected chi connectivity index (χ1v) is 8.41. The van der Waals surface area contributed by atoms with Gasteiger partial charge in [0.05, 0.1) is 19.4 Å². The molecule has 0 N–H and O–H groups in total. The van der Waals surface area contributed by atoms with Crippen LogP contribution < -0.4 is 4.74 Å². The summed E-state index contributed by atoms with van der Waals surface area (Å²) in [5.74, 6) is 1.40. The Morgan fingerprint density at radius 3 is 2.73 bits per heavy atom. The lowest BCUT2D eigenvalue weighted by molar-refractivity contribution is -0.128. The third-order valence-corrected chi connectivity index (χ3v) is 5.25. The third-order valence-electron chi connectivity index (χ3n) is 3.67. The predicted octanol–water partition coefficient (Wildman–Crippen LogP) is 4.12. The minimum atomic E-state index is -0.0499. The van der Waals surface area contributed by atoms with Crippen LogP contribution in [0, 0.1) is 0 Å². The van der Waals surface area contributed by atoms with Gasteiger partial charge in [-0.1, -0.05) is 48.0 Å². The molecule has 2 aromatic carbocycles. The fraction of sp³-hybridized carbons (Fsp3) is 0.235. The van der Waals surface area contributed by atoms with Crippen molar-refractivity contribution in [2.45, 2.75) is 11.9 Å². The average Bonchev–Trinajstić information content (AvgIpc) is 2.89. The monoisotopic (exact) mass is 333 g/mol. The second kappa shape index (κ2) is 6.63. The molecule has 1 fully saturated rings. The van der Waals surface area contributed by atoms with Gasteiger partial charge in [0.2, 0.25) is 5.91 Å². The number of thioether (sulfide) groups is 1. The number of hydrogen-bond acceptors (Lipinski definition) is 3. The summed E-state index contributed by atoms with van der Waals surface area (Å²) in [5.41, 5.74) is 1.98. The van der Waals surface area contributed by atoms with E-state index in [0.717, 1.165) is 16.9 Å². The van der Waals surface area contributed by atoms with E-state index in [9.17, 15) is 4.79 Å². The Bertz CT molecular complexity index is 692. The largest absolute Gasteiger partial charge is 0.496 e. The van der Waals surface area contributed by atoms with Crippen molar-refractivity contribution in [1.82, 2.24) is 4.90 Å². The van der Waals surface area contributed by atoms with Gasteiger partial charge >= 0.3 is 0 Å². The molecule has 0 aromatic heterocycles. The zero-order valence-electron chi connectivity index (χ0n) is 12.2. The van der Waals surface area contributed by atoms with Gasteiger partial charge < -0.3 is 9.64 Å². The van der Waals surface area contributed by atoms with Crippen LogP contribution >= 0.6 is 23.4 Å². The van der Waals surface area contributed by atoms with Gasteiger partial charge in [0.1, 0.15) is 11.1 Å². The molecule has 0 spiro atoms. The van der Waals surface area contributed by atoms with Gasteiger partial charge in [-0.3, -0.25) is 4.79 Å². The van der Waals surface area contributed by atoms with Gasteiger partial charge in [-0.05, 0) is 12.1 Å². The van der Waals surface area contributed by atoms with Crippen LogP contribution in [0.2, 0.25) is 5.02 Å². The van der Waals surface area contributed by atoms with E-state index in [-0.39, 0.29) is 11.3 Å². The van der Waals surface area contributed by atoms with E-state index in [2.05, 4.69) is 0 Å². The highest BCUT2D eigenvalue weighted by Crippen LogP contribution is 2.42. The molecule has 3 nitrogen and oxygen atoms in total. The molecule has 0 radical (unpaired) electrons. The maximum Gasteiger partial charge on any atom is 0.234 e. The molecule has 1 unspecified atom stereocenters. The number of rotatable bonds is 4. The van der Waals surface area contributed by atoms with Crippen LogP contribution in [0.15, 0.2) is 48.5 Å². The van der Waals surface area contributed by atoms with Crippen LogP contribution in [0.25, 0.3) is 0 Å². The Kier molecular flexibility index (Phi) is 4.60. The molecule has 5 heteroatoms. The van der Waals surface area contributed by atoms with Crippen LogP contribution in [0.3, 0.4) is 0 Å². The van der Waals surface area contributed by atoms with Crippen LogP contribution in [-0.4, -0.2) is 23.7 Å². The topological polar surface area (TPSA) is 29.5 Å². The number of halogens is 1. The summed E-state index contributed by atoms with van der Waals surface area (Å²) in [6.07, 6.45) is 0. The lowest BCUT2D eigenvalue weighted by Gasteiger charge is -2.25. The molecule has 1 amide bonds. The predicted molar refractivity (Wildman–Crippen MR) is 90.2 cm³/mol. The Labute approximate surface area is 139 Å². The summed E-state index contributed by atoms with van der Waals surface area (Å²) in [7, 11) is 1.64. The van der Waals surface area contributed by atoms with Gasteiger partial charge in [0.25, 0.3) is 0 Å². The van der Waals surface area contributed by atoms with E-state index in [1.54, 1.807) is 18.9 Å². The Balaban J connectivity index is 1.90. The molecule has 0 saturated carbocycles. The summed E-state index contributed by atoms with van der Waals surface area (Å²) in [6, 6.07) is 15.5. The maximum absolute atomic E-state index is 12.3. The van der Waals surface area contributed by atoms with Crippen LogP contribution in [0.1, 0.15) is 16.5 Å². The van der Waals surface area contributed by atoms with E-state index in [4.69, 9.17) is 16.3 Å². The van der Waals surface area contributed by atoms with E-state index in [1.807, 2.05) is 53.4 Å². The molecule has 114 valence electrons. The number of hydrogen-bond donors (Lipinski definition) is 0. The second-order valence-electron chi connectivity index (χ2n) is 5.02. The molecule has 0 aliphatic carbocycles. The minimum absolute atomic E-state index is 0.0499. The van der Waals surface area contributed by atoms with Crippen LogP contribution in [0.4, 0.5) is 0 Å². The molecular weight excluding hydrogens is 318 g/mol. The molecule has 1 atom stereocenters. The summed E-state index contributed by atoms with van der Waals surface area (Å²) < 4.78 is 5.38. The number of amides is 1. The molecule has 1 aliphatic rings. The molecule has 0 bridgehead atoms. The fourth-order valence-electron chi connectivity index (χ4n) is 2.58. The highest BCUT2D eigenvalue weighted by molar-refractivity contribution is 8.00. The van der Waals surface area contributed by atoms with Gasteiger partial charge in [0.15, 0.2) is 0 Å². The summed E-state index contributed by atoms with van der Waals surface area (Å²) >= 11 is 7.91. The fourth-order valence-corrected chi connectivity index (χ4v) is 4.10. The quantitative estimate of drug-likeness (QED) is 0.842. The van der Waals surface area contributed by atoms with Gasteiger partial charge in [0, 0.05) is 16.1 Å². The lowest BCUT2D eigenvalue weighted by Crippen LogP contribution is -2.28. The molecule has 1 aliphatic heterocycles. The SMILES string of the molecule is COc1ccccc1CN1C(=O)CSC1c1ccccc1Cl. The highest BCUT2D eigenvalue weighted by atomic mass is 35.5. The Morgan fingerprint density at radius 2 is 1.95 bits per heavy atom. The number of carbonyl (C=O) groups excluding carboxylic acids is 1. The first-order valence-electron chi connectivity index (χ1n) is 6.98. The third kappa shape index (κ3) is 2.94. The van der Waals surface area contributed by atoms with Gasteiger partial charge in [-0.2, -0.15) is 0 Å². The molecule has 1 saturated heterocycles. The molecule has 1 heterocycles. The molecule has 3 rings (SSSR count). The Hall–Kier alpha value is -1.65. The molecule has 2 aromatic rings. The van der Waals surface area contributed by atoms with Crippen molar-refractivity contribution < 1.29 is 9.53 Å². The number of ether oxygens (including phenoxy) is 1. The van der Waals surface area contributed by atoms with Crippen LogP contribution in [-0.2, 0) is 11.3 Å². The number of para-hydroxylation sites is 1. The molecule has 22 heavy (non-hydrogen) atoms. The zero-order chi connectivity index (χ0) is 15.5. The van der Waals surface area contributed by atoms with Crippen molar-refractivity contribution in [3.05, 3.63) is 64.7 Å². The zero-order valence-corrected chi connectivity index (χ0v) is 13.7. The van der Waals surface area contributed by atoms with Gasteiger partial charge in [-0.25, -0.2) is 0 Å². The van der Waals surface area contributed by atoms with Crippen LogP contribution in [0.5, 0.6) is 5.75 Å². The standard InChI is InChI=1S/C17H16ClNO2S/c1-21-15-9-5-2-6-12(15)10-19-16(20)11-22-17(19)13-7-3-4-8-14(13)18/h2-9,17H,10-11H2,1H3. The van der Waals surface area contributed by atoms with Crippen molar-refractivity contribution in [1.29, 1.82) is 0 Å². The highest BCUT2D eigenvalue weighted by Gasteiger charge is 2.34.